The standard InChI is InChI=1S/C15H22O5S/c1-19-14-2-4-15(5-3-14)20-8-6-12(10-16)13-7-9-21(17,18)11-13/h2-5,12-13,16H,6-11H2,1H3. The maximum Gasteiger partial charge on any atom is 0.150 e. The van der Waals surface area contributed by atoms with Gasteiger partial charge in [-0.05, 0) is 48.9 Å². The average molecular weight is 314 g/mol. The Morgan fingerprint density at radius 3 is 2.48 bits per heavy atom. The number of ether oxygens (including phenoxy) is 2. The highest BCUT2D eigenvalue weighted by molar-refractivity contribution is 7.91. The number of methoxy groups -OCH3 is 1. The Kier molecular flexibility index (Phi) is 5.47. The van der Waals surface area contributed by atoms with Crippen LogP contribution in [0.3, 0.4) is 0 Å². The van der Waals surface area contributed by atoms with Gasteiger partial charge in [-0.1, -0.05) is 0 Å². The number of benzene rings is 1. The average Bonchev–Trinajstić information content (AvgIpc) is 2.84. The van der Waals surface area contributed by atoms with Crippen molar-refractivity contribution in [1.82, 2.24) is 0 Å². The molecule has 2 unspecified atom stereocenters. The summed E-state index contributed by atoms with van der Waals surface area (Å²) in [4.78, 5) is 0. The number of rotatable bonds is 7. The molecule has 1 heterocycles. The third kappa shape index (κ3) is 4.61. The van der Waals surface area contributed by atoms with E-state index in [1.54, 1.807) is 7.11 Å². The molecule has 1 aromatic rings. The predicted octanol–water partition coefficient (Wildman–Crippen LogP) is 1.51. The first-order valence-electron chi connectivity index (χ1n) is 7.12. The lowest BCUT2D eigenvalue weighted by molar-refractivity contribution is 0.153. The van der Waals surface area contributed by atoms with Crippen LogP contribution >= 0.6 is 0 Å². The summed E-state index contributed by atoms with van der Waals surface area (Å²) in [6, 6.07) is 7.30. The van der Waals surface area contributed by atoms with Crippen LogP contribution < -0.4 is 9.47 Å². The normalized spacial score (nSPS) is 21.9. The van der Waals surface area contributed by atoms with Gasteiger partial charge in [-0.15, -0.1) is 0 Å². The summed E-state index contributed by atoms with van der Waals surface area (Å²) in [6.45, 7) is 0.472. The summed E-state index contributed by atoms with van der Waals surface area (Å²) in [5.41, 5.74) is 0. The van der Waals surface area contributed by atoms with Crippen molar-refractivity contribution >= 4 is 9.84 Å². The quantitative estimate of drug-likeness (QED) is 0.826. The lowest BCUT2D eigenvalue weighted by Gasteiger charge is -2.20. The molecule has 1 fully saturated rings. The Morgan fingerprint density at radius 2 is 1.95 bits per heavy atom. The molecule has 1 saturated heterocycles. The fraction of sp³-hybridized carbons (Fsp3) is 0.600. The van der Waals surface area contributed by atoms with Crippen LogP contribution in [-0.4, -0.2) is 45.4 Å². The van der Waals surface area contributed by atoms with Gasteiger partial charge in [0.15, 0.2) is 9.84 Å². The van der Waals surface area contributed by atoms with Crippen LogP contribution in [0.5, 0.6) is 11.5 Å². The first-order valence-corrected chi connectivity index (χ1v) is 8.94. The Bertz CT molecular complexity index is 538. The molecule has 1 aliphatic heterocycles. The van der Waals surface area contributed by atoms with E-state index in [-0.39, 0.29) is 29.9 Å². The molecule has 0 bridgehead atoms. The molecule has 21 heavy (non-hydrogen) atoms. The van der Waals surface area contributed by atoms with E-state index in [4.69, 9.17) is 9.47 Å². The molecule has 2 rings (SSSR count). The van der Waals surface area contributed by atoms with Crippen molar-refractivity contribution in [2.75, 3.05) is 31.8 Å². The van der Waals surface area contributed by atoms with Crippen LogP contribution in [0.4, 0.5) is 0 Å². The van der Waals surface area contributed by atoms with Crippen molar-refractivity contribution in [2.24, 2.45) is 11.8 Å². The van der Waals surface area contributed by atoms with Gasteiger partial charge < -0.3 is 14.6 Å². The molecular formula is C15H22O5S. The van der Waals surface area contributed by atoms with E-state index in [2.05, 4.69) is 0 Å². The van der Waals surface area contributed by atoms with E-state index in [9.17, 15) is 13.5 Å². The molecule has 1 aliphatic rings. The highest BCUT2D eigenvalue weighted by Gasteiger charge is 2.33. The minimum atomic E-state index is -2.90. The smallest absolute Gasteiger partial charge is 0.150 e. The fourth-order valence-electron chi connectivity index (χ4n) is 2.67. The minimum Gasteiger partial charge on any atom is -0.497 e. The molecular weight excluding hydrogens is 292 g/mol. The fourth-order valence-corrected chi connectivity index (χ4v) is 4.59. The maximum atomic E-state index is 11.5. The molecule has 0 aliphatic carbocycles. The largest absolute Gasteiger partial charge is 0.497 e. The number of aliphatic hydroxyl groups excluding tert-OH is 1. The number of sulfone groups is 1. The molecule has 0 radical (unpaired) electrons. The van der Waals surface area contributed by atoms with E-state index < -0.39 is 9.84 Å². The third-order valence-corrected chi connectivity index (χ3v) is 5.78. The zero-order chi connectivity index (χ0) is 15.3. The monoisotopic (exact) mass is 314 g/mol. The molecule has 0 amide bonds. The van der Waals surface area contributed by atoms with Gasteiger partial charge in [-0.3, -0.25) is 0 Å². The van der Waals surface area contributed by atoms with Gasteiger partial charge in [-0.2, -0.15) is 0 Å². The number of aliphatic hydroxyl groups is 1. The van der Waals surface area contributed by atoms with Crippen LogP contribution in [0, 0.1) is 11.8 Å². The van der Waals surface area contributed by atoms with Crippen molar-refractivity contribution in [3.8, 4) is 11.5 Å². The Hall–Kier alpha value is -1.27. The minimum absolute atomic E-state index is 0.00611. The molecule has 0 spiro atoms. The van der Waals surface area contributed by atoms with Crippen LogP contribution in [-0.2, 0) is 9.84 Å². The number of hydrogen-bond donors (Lipinski definition) is 1. The highest BCUT2D eigenvalue weighted by Crippen LogP contribution is 2.28. The number of hydrogen-bond acceptors (Lipinski definition) is 5. The van der Waals surface area contributed by atoms with Gasteiger partial charge in [-0.25, -0.2) is 8.42 Å². The van der Waals surface area contributed by atoms with Crippen LogP contribution in [0.1, 0.15) is 12.8 Å². The summed E-state index contributed by atoms with van der Waals surface area (Å²) in [6.07, 6.45) is 1.30. The predicted molar refractivity (Wildman–Crippen MR) is 80.4 cm³/mol. The van der Waals surface area contributed by atoms with E-state index in [0.29, 0.717) is 19.4 Å². The zero-order valence-corrected chi connectivity index (χ0v) is 13.0. The summed E-state index contributed by atoms with van der Waals surface area (Å²) in [5.74, 6) is 1.99. The van der Waals surface area contributed by atoms with Gasteiger partial charge in [0.25, 0.3) is 0 Å². The van der Waals surface area contributed by atoms with Gasteiger partial charge in [0.05, 0.1) is 25.2 Å². The van der Waals surface area contributed by atoms with E-state index in [0.717, 1.165) is 11.5 Å². The molecule has 0 saturated carbocycles. The summed E-state index contributed by atoms with van der Waals surface area (Å²) in [7, 11) is -1.29. The molecule has 1 N–H and O–H groups in total. The van der Waals surface area contributed by atoms with Crippen molar-refractivity contribution in [1.29, 1.82) is 0 Å². The SMILES string of the molecule is COc1ccc(OCCC(CO)C2CCS(=O)(=O)C2)cc1. The first-order chi connectivity index (χ1) is 10.0. The molecule has 6 heteroatoms. The highest BCUT2D eigenvalue weighted by atomic mass is 32.2. The Morgan fingerprint density at radius 1 is 1.29 bits per heavy atom. The topological polar surface area (TPSA) is 72.8 Å². The molecule has 0 aromatic heterocycles. The van der Waals surface area contributed by atoms with E-state index in [1.165, 1.54) is 0 Å². The molecule has 118 valence electrons. The summed E-state index contributed by atoms with van der Waals surface area (Å²) < 4.78 is 33.7. The van der Waals surface area contributed by atoms with Gasteiger partial charge >= 0.3 is 0 Å². The van der Waals surface area contributed by atoms with Gasteiger partial charge in [0.2, 0.25) is 0 Å². The second-order valence-electron chi connectivity index (χ2n) is 5.42. The lowest BCUT2D eigenvalue weighted by Crippen LogP contribution is -2.22. The molecule has 2 atom stereocenters. The second-order valence-corrected chi connectivity index (χ2v) is 7.65. The molecule has 5 nitrogen and oxygen atoms in total. The van der Waals surface area contributed by atoms with Gasteiger partial charge in [0.1, 0.15) is 11.5 Å². The van der Waals surface area contributed by atoms with Gasteiger partial charge in [0, 0.05) is 6.61 Å². The summed E-state index contributed by atoms with van der Waals surface area (Å²) in [5, 5.41) is 9.46. The van der Waals surface area contributed by atoms with Crippen molar-refractivity contribution in [3.05, 3.63) is 24.3 Å². The second kappa shape index (κ2) is 7.13. The summed E-state index contributed by atoms with van der Waals surface area (Å²) >= 11 is 0. The lowest BCUT2D eigenvalue weighted by atomic mass is 9.90. The van der Waals surface area contributed by atoms with Crippen LogP contribution in [0.2, 0.25) is 0 Å². The maximum absolute atomic E-state index is 11.5. The van der Waals surface area contributed by atoms with E-state index >= 15 is 0 Å². The first kappa shape index (κ1) is 16.1. The Balaban J connectivity index is 1.80. The van der Waals surface area contributed by atoms with E-state index in [1.807, 2.05) is 24.3 Å². The third-order valence-electron chi connectivity index (χ3n) is 3.99. The zero-order valence-electron chi connectivity index (χ0n) is 12.2. The molecule has 1 aromatic carbocycles. The Labute approximate surface area is 125 Å². The van der Waals surface area contributed by atoms with Crippen molar-refractivity contribution in [3.63, 3.8) is 0 Å². The van der Waals surface area contributed by atoms with Crippen molar-refractivity contribution < 1.29 is 23.0 Å². The van der Waals surface area contributed by atoms with Crippen LogP contribution in [0.15, 0.2) is 24.3 Å². The van der Waals surface area contributed by atoms with Crippen LogP contribution in [0.25, 0.3) is 0 Å². The van der Waals surface area contributed by atoms with Crippen molar-refractivity contribution in [2.45, 2.75) is 12.8 Å².